The van der Waals surface area contributed by atoms with E-state index in [0.717, 1.165) is 19.3 Å². The van der Waals surface area contributed by atoms with Crippen LogP contribution in [0.2, 0.25) is 0 Å². The average molecular weight is 238 g/mol. The third kappa shape index (κ3) is 2.29. The van der Waals surface area contributed by atoms with E-state index in [2.05, 4.69) is 18.4 Å². The van der Waals surface area contributed by atoms with Gasteiger partial charge in [-0.3, -0.25) is 4.79 Å². The average Bonchev–Trinajstić information content (AvgIpc) is 2.54. The van der Waals surface area contributed by atoms with Gasteiger partial charge in [0.05, 0.1) is 5.92 Å². The molecule has 2 unspecified atom stereocenters. The van der Waals surface area contributed by atoms with Crippen LogP contribution >= 0.6 is 11.3 Å². The van der Waals surface area contributed by atoms with Gasteiger partial charge in [0.2, 0.25) is 0 Å². The van der Waals surface area contributed by atoms with Crippen LogP contribution < -0.4 is 0 Å². The predicted octanol–water partition coefficient (Wildman–Crippen LogP) is 3.81. The maximum Gasteiger partial charge on any atom is 0.307 e. The summed E-state index contributed by atoms with van der Waals surface area (Å²) in [4.78, 5) is 12.6. The maximum atomic E-state index is 11.3. The fourth-order valence-electron chi connectivity index (χ4n) is 2.75. The fourth-order valence-corrected chi connectivity index (χ4v) is 3.53. The van der Waals surface area contributed by atoms with Gasteiger partial charge in [0, 0.05) is 4.88 Å². The number of carbonyl (C=O) groups is 1. The van der Waals surface area contributed by atoms with Crippen LogP contribution in [0.15, 0.2) is 11.4 Å². The molecular weight excluding hydrogens is 220 g/mol. The third-order valence-electron chi connectivity index (χ3n) is 3.63. The van der Waals surface area contributed by atoms with Crippen molar-refractivity contribution in [3.63, 3.8) is 0 Å². The highest BCUT2D eigenvalue weighted by molar-refractivity contribution is 7.10. The molecule has 88 valence electrons. The summed E-state index contributed by atoms with van der Waals surface area (Å²) >= 11 is 1.73. The molecule has 0 bridgehead atoms. The molecule has 2 nitrogen and oxygen atoms in total. The van der Waals surface area contributed by atoms with Crippen molar-refractivity contribution in [1.82, 2.24) is 0 Å². The van der Waals surface area contributed by atoms with Crippen LogP contribution in [0, 0.1) is 12.8 Å². The number of hydrogen-bond donors (Lipinski definition) is 1. The van der Waals surface area contributed by atoms with Crippen molar-refractivity contribution in [2.45, 2.75) is 44.9 Å². The first-order valence-corrected chi connectivity index (χ1v) is 6.85. The number of aliphatic carboxylic acids is 1. The molecule has 1 saturated carbocycles. The molecule has 1 aromatic rings. The number of carboxylic acids is 1. The van der Waals surface area contributed by atoms with Gasteiger partial charge in [0.1, 0.15) is 0 Å². The summed E-state index contributed by atoms with van der Waals surface area (Å²) in [7, 11) is 0. The van der Waals surface area contributed by atoms with E-state index in [9.17, 15) is 9.90 Å². The van der Waals surface area contributed by atoms with Crippen molar-refractivity contribution in [1.29, 1.82) is 0 Å². The Morgan fingerprint density at radius 2 is 2.12 bits per heavy atom. The van der Waals surface area contributed by atoms with Gasteiger partial charge in [-0.25, -0.2) is 0 Å². The van der Waals surface area contributed by atoms with Crippen molar-refractivity contribution in [2.24, 2.45) is 5.92 Å². The summed E-state index contributed by atoms with van der Waals surface area (Å²) in [6.45, 7) is 2.10. The maximum absolute atomic E-state index is 11.3. The quantitative estimate of drug-likeness (QED) is 0.796. The normalized spacial score (nSPS) is 26.3. The second kappa shape index (κ2) is 5.00. The Labute approximate surface area is 100 Å². The highest BCUT2D eigenvalue weighted by Gasteiger charge is 2.31. The van der Waals surface area contributed by atoms with E-state index in [4.69, 9.17) is 0 Å². The standard InChI is InChI=1S/C13H18O2S/c1-9-10(7-8-16-9)11-5-3-2-4-6-12(11)13(14)15/h7-8,11-12H,2-6H2,1H3,(H,14,15). The zero-order valence-electron chi connectivity index (χ0n) is 9.61. The number of hydrogen-bond acceptors (Lipinski definition) is 2. The fraction of sp³-hybridized carbons (Fsp3) is 0.615. The minimum absolute atomic E-state index is 0.171. The molecule has 16 heavy (non-hydrogen) atoms. The van der Waals surface area contributed by atoms with Crippen molar-refractivity contribution in [3.05, 3.63) is 21.9 Å². The molecule has 1 aliphatic rings. The second-order valence-electron chi connectivity index (χ2n) is 4.62. The van der Waals surface area contributed by atoms with E-state index in [1.54, 1.807) is 11.3 Å². The van der Waals surface area contributed by atoms with Gasteiger partial charge in [-0.05, 0) is 42.7 Å². The lowest BCUT2D eigenvalue weighted by molar-refractivity contribution is -0.142. The van der Waals surface area contributed by atoms with Crippen LogP contribution in [0.1, 0.15) is 48.5 Å². The van der Waals surface area contributed by atoms with Crippen LogP contribution in [0.25, 0.3) is 0 Å². The van der Waals surface area contributed by atoms with E-state index in [-0.39, 0.29) is 11.8 Å². The summed E-state index contributed by atoms with van der Waals surface area (Å²) in [6.07, 6.45) is 5.30. The topological polar surface area (TPSA) is 37.3 Å². The van der Waals surface area contributed by atoms with Crippen molar-refractivity contribution >= 4 is 17.3 Å². The molecule has 2 atom stereocenters. The number of aryl methyl sites for hydroxylation is 1. The molecule has 0 amide bonds. The van der Waals surface area contributed by atoms with Crippen LogP contribution in [0.3, 0.4) is 0 Å². The van der Waals surface area contributed by atoms with Crippen LogP contribution in [-0.2, 0) is 4.79 Å². The molecule has 2 rings (SSSR count). The smallest absolute Gasteiger partial charge is 0.307 e. The minimum Gasteiger partial charge on any atom is -0.481 e. The Morgan fingerprint density at radius 1 is 1.38 bits per heavy atom. The molecule has 0 saturated heterocycles. The first-order chi connectivity index (χ1) is 7.70. The first kappa shape index (κ1) is 11.6. The van der Waals surface area contributed by atoms with Crippen molar-refractivity contribution in [3.8, 4) is 0 Å². The van der Waals surface area contributed by atoms with Crippen LogP contribution in [0.5, 0.6) is 0 Å². The van der Waals surface area contributed by atoms with Gasteiger partial charge < -0.3 is 5.11 Å². The highest BCUT2D eigenvalue weighted by Crippen LogP contribution is 2.39. The third-order valence-corrected chi connectivity index (χ3v) is 4.49. The summed E-state index contributed by atoms with van der Waals surface area (Å²) in [5, 5.41) is 11.4. The van der Waals surface area contributed by atoms with Crippen LogP contribution in [0.4, 0.5) is 0 Å². The monoisotopic (exact) mass is 238 g/mol. The zero-order valence-corrected chi connectivity index (χ0v) is 10.4. The number of thiophene rings is 1. The molecule has 1 aliphatic carbocycles. The molecule has 1 fully saturated rings. The molecule has 0 aliphatic heterocycles. The van der Waals surface area contributed by atoms with E-state index >= 15 is 0 Å². The van der Waals surface area contributed by atoms with Gasteiger partial charge in [0.25, 0.3) is 0 Å². The first-order valence-electron chi connectivity index (χ1n) is 5.97. The predicted molar refractivity (Wildman–Crippen MR) is 66.0 cm³/mol. The Kier molecular flexibility index (Phi) is 3.64. The number of carboxylic acid groups (broad SMARTS) is 1. The van der Waals surface area contributed by atoms with Crippen LogP contribution in [-0.4, -0.2) is 11.1 Å². The molecule has 1 heterocycles. The highest BCUT2D eigenvalue weighted by atomic mass is 32.1. The number of rotatable bonds is 2. The SMILES string of the molecule is Cc1sccc1C1CCCCCC1C(=O)O. The zero-order chi connectivity index (χ0) is 11.5. The van der Waals surface area contributed by atoms with E-state index in [0.29, 0.717) is 0 Å². The summed E-state index contributed by atoms with van der Waals surface area (Å²) in [6, 6.07) is 2.12. The minimum atomic E-state index is -0.613. The molecule has 0 spiro atoms. The van der Waals surface area contributed by atoms with Gasteiger partial charge in [0.15, 0.2) is 0 Å². The lowest BCUT2D eigenvalue weighted by atomic mass is 9.83. The molecular formula is C13H18O2S. The summed E-state index contributed by atoms with van der Waals surface area (Å²) < 4.78 is 0. The summed E-state index contributed by atoms with van der Waals surface area (Å²) in [5.74, 6) is -0.542. The van der Waals surface area contributed by atoms with Gasteiger partial charge in [-0.15, -0.1) is 11.3 Å². The Morgan fingerprint density at radius 3 is 2.75 bits per heavy atom. The molecule has 3 heteroatoms. The molecule has 0 aromatic carbocycles. The lowest BCUT2D eigenvalue weighted by Crippen LogP contribution is -2.21. The second-order valence-corrected chi connectivity index (χ2v) is 5.74. The van der Waals surface area contributed by atoms with E-state index in [1.807, 2.05) is 0 Å². The van der Waals surface area contributed by atoms with Crippen molar-refractivity contribution < 1.29 is 9.90 Å². The van der Waals surface area contributed by atoms with Gasteiger partial charge in [-0.1, -0.05) is 19.3 Å². The Balaban J connectivity index is 2.27. The largest absolute Gasteiger partial charge is 0.481 e. The van der Waals surface area contributed by atoms with Crippen molar-refractivity contribution in [2.75, 3.05) is 0 Å². The molecule has 1 aromatic heterocycles. The van der Waals surface area contributed by atoms with Gasteiger partial charge in [-0.2, -0.15) is 0 Å². The Hall–Kier alpha value is -0.830. The lowest BCUT2D eigenvalue weighted by Gasteiger charge is -2.21. The summed E-state index contributed by atoms with van der Waals surface area (Å²) in [5.41, 5.74) is 1.28. The van der Waals surface area contributed by atoms with E-state index in [1.165, 1.54) is 23.3 Å². The van der Waals surface area contributed by atoms with E-state index < -0.39 is 5.97 Å². The molecule has 1 N–H and O–H groups in total. The molecule has 0 radical (unpaired) electrons. The Bertz CT molecular complexity index is 370. The van der Waals surface area contributed by atoms with Gasteiger partial charge >= 0.3 is 5.97 Å².